The first-order valence-corrected chi connectivity index (χ1v) is 8.55. The lowest BCUT2D eigenvalue weighted by atomic mass is 10.2. The van der Waals surface area contributed by atoms with E-state index in [1.807, 2.05) is 0 Å². The van der Waals surface area contributed by atoms with Crippen molar-refractivity contribution in [1.29, 1.82) is 0 Å². The van der Waals surface area contributed by atoms with Gasteiger partial charge in [0.05, 0.1) is 12.7 Å². The van der Waals surface area contributed by atoms with Crippen molar-refractivity contribution < 1.29 is 17.5 Å². The van der Waals surface area contributed by atoms with E-state index in [9.17, 15) is 8.42 Å². The molecule has 0 bridgehead atoms. The minimum absolute atomic E-state index is 0.0479. The number of nitrogens with zero attached hydrogens (tertiary/aromatic N) is 6. The molecule has 4 rings (SSSR count). The third kappa shape index (κ3) is 2.88. The fourth-order valence-corrected chi connectivity index (χ4v) is 3.02. The van der Waals surface area contributed by atoms with Crippen molar-refractivity contribution in [3.05, 3.63) is 42.4 Å². The SMILES string of the molecule is Cc1noc(-c2ccn3c(CNS(=O)(=O)c4cnoc4)nnc3c2)n1. The van der Waals surface area contributed by atoms with E-state index in [1.54, 1.807) is 29.7 Å². The highest BCUT2D eigenvalue weighted by Crippen LogP contribution is 2.19. The molecule has 0 atom stereocenters. The molecular weight excluding hydrogens is 350 g/mol. The number of aromatic nitrogens is 6. The normalized spacial score (nSPS) is 12.0. The van der Waals surface area contributed by atoms with E-state index >= 15 is 0 Å². The lowest BCUT2D eigenvalue weighted by Gasteiger charge is -2.03. The molecule has 4 aromatic heterocycles. The number of aryl methyl sites for hydroxylation is 1. The van der Waals surface area contributed by atoms with Crippen molar-refractivity contribution in [2.75, 3.05) is 0 Å². The van der Waals surface area contributed by atoms with Gasteiger partial charge in [-0.1, -0.05) is 10.3 Å². The summed E-state index contributed by atoms with van der Waals surface area (Å²) in [5.41, 5.74) is 1.21. The summed E-state index contributed by atoms with van der Waals surface area (Å²) in [6.07, 6.45) is 3.86. The van der Waals surface area contributed by atoms with Crippen LogP contribution in [0.1, 0.15) is 11.6 Å². The maximum absolute atomic E-state index is 12.1. The molecule has 12 heteroatoms. The second kappa shape index (κ2) is 5.75. The van der Waals surface area contributed by atoms with Crippen LogP contribution in [0.2, 0.25) is 0 Å². The largest absolute Gasteiger partial charge is 0.363 e. The number of nitrogens with one attached hydrogen (secondary N) is 1. The summed E-state index contributed by atoms with van der Waals surface area (Å²) >= 11 is 0. The maximum Gasteiger partial charge on any atom is 0.258 e. The maximum atomic E-state index is 12.1. The average Bonchev–Trinajstić information content (AvgIpc) is 3.33. The highest BCUT2D eigenvalue weighted by atomic mass is 32.2. The van der Waals surface area contributed by atoms with Crippen LogP contribution in [-0.2, 0) is 16.6 Å². The van der Waals surface area contributed by atoms with Crippen LogP contribution in [-0.4, -0.2) is 38.3 Å². The summed E-state index contributed by atoms with van der Waals surface area (Å²) in [4.78, 5) is 4.09. The Labute approximate surface area is 140 Å². The van der Waals surface area contributed by atoms with E-state index in [0.29, 0.717) is 28.8 Å². The van der Waals surface area contributed by atoms with Gasteiger partial charge in [-0.3, -0.25) is 4.40 Å². The zero-order valence-corrected chi connectivity index (χ0v) is 13.6. The minimum atomic E-state index is -3.73. The van der Waals surface area contributed by atoms with E-state index in [2.05, 4.69) is 34.7 Å². The van der Waals surface area contributed by atoms with Gasteiger partial charge in [-0.2, -0.15) is 4.98 Å². The van der Waals surface area contributed by atoms with E-state index in [4.69, 9.17) is 4.52 Å². The number of sulfonamides is 1. The Morgan fingerprint density at radius 2 is 2.20 bits per heavy atom. The number of rotatable bonds is 5. The molecule has 0 amide bonds. The van der Waals surface area contributed by atoms with Gasteiger partial charge in [0.1, 0.15) is 11.2 Å². The van der Waals surface area contributed by atoms with Crippen LogP contribution in [0.25, 0.3) is 17.1 Å². The fraction of sp³-hybridized carbons (Fsp3) is 0.154. The minimum Gasteiger partial charge on any atom is -0.363 e. The second-order valence-corrected chi connectivity index (χ2v) is 6.86. The Balaban J connectivity index is 1.59. The summed E-state index contributed by atoms with van der Waals surface area (Å²) in [6.45, 7) is 1.68. The van der Waals surface area contributed by atoms with Gasteiger partial charge in [0, 0.05) is 11.8 Å². The first kappa shape index (κ1) is 15.4. The molecule has 0 radical (unpaired) electrons. The van der Waals surface area contributed by atoms with Crippen molar-refractivity contribution in [2.45, 2.75) is 18.4 Å². The Morgan fingerprint density at radius 1 is 1.32 bits per heavy atom. The van der Waals surface area contributed by atoms with Crippen molar-refractivity contribution in [3.8, 4) is 11.5 Å². The van der Waals surface area contributed by atoms with Crippen molar-refractivity contribution in [2.24, 2.45) is 0 Å². The van der Waals surface area contributed by atoms with Gasteiger partial charge in [0.25, 0.3) is 5.89 Å². The molecule has 0 aliphatic rings. The Morgan fingerprint density at radius 3 is 2.92 bits per heavy atom. The molecule has 25 heavy (non-hydrogen) atoms. The molecule has 128 valence electrons. The number of hydrogen-bond acceptors (Lipinski definition) is 9. The summed E-state index contributed by atoms with van der Waals surface area (Å²) in [7, 11) is -3.73. The predicted molar refractivity (Wildman–Crippen MR) is 81.5 cm³/mol. The van der Waals surface area contributed by atoms with Crippen molar-refractivity contribution in [3.63, 3.8) is 0 Å². The zero-order valence-electron chi connectivity index (χ0n) is 12.8. The van der Waals surface area contributed by atoms with Gasteiger partial charge in [0.2, 0.25) is 10.0 Å². The van der Waals surface area contributed by atoms with Crippen molar-refractivity contribution >= 4 is 15.7 Å². The molecule has 0 fully saturated rings. The molecule has 0 unspecified atom stereocenters. The van der Waals surface area contributed by atoms with Crippen LogP contribution in [0.5, 0.6) is 0 Å². The third-order valence-corrected chi connectivity index (χ3v) is 4.74. The number of hydrogen-bond donors (Lipinski definition) is 1. The van der Waals surface area contributed by atoms with Crippen LogP contribution in [0.15, 0.2) is 44.7 Å². The van der Waals surface area contributed by atoms with Crippen LogP contribution in [0.3, 0.4) is 0 Å². The van der Waals surface area contributed by atoms with Gasteiger partial charge in [-0.05, 0) is 19.1 Å². The molecule has 0 saturated heterocycles. The van der Waals surface area contributed by atoms with Crippen LogP contribution in [0, 0.1) is 6.92 Å². The lowest BCUT2D eigenvalue weighted by molar-refractivity contribution is 0.417. The van der Waals surface area contributed by atoms with Crippen LogP contribution < -0.4 is 4.72 Å². The molecular formula is C13H11N7O4S. The summed E-state index contributed by atoms with van der Waals surface area (Å²) in [5, 5.41) is 15.1. The van der Waals surface area contributed by atoms with Crippen LogP contribution >= 0.6 is 0 Å². The predicted octanol–water partition coefficient (Wildman–Crippen LogP) is 0.554. The fourth-order valence-electron chi connectivity index (χ4n) is 2.18. The van der Waals surface area contributed by atoms with E-state index < -0.39 is 10.0 Å². The smallest absolute Gasteiger partial charge is 0.258 e. The van der Waals surface area contributed by atoms with E-state index in [0.717, 1.165) is 12.5 Å². The summed E-state index contributed by atoms with van der Waals surface area (Å²) < 4.78 is 37.9. The Hall–Kier alpha value is -3.12. The molecule has 0 aliphatic heterocycles. The first-order valence-electron chi connectivity index (χ1n) is 7.06. The molecule has 0 saturated carbocycles. The second-order valence-electron chi connectivity index (χ2n) is 5.09. The standard InChI is InChI=1S/C13H11N7O4S/c1-8-16-13(24-19-8)9-2-3-20-11(4-9)17-18-12(20)6-15-25(21,22)10-5-14-23-7-10/h2-5,7,15H,6H2,1H3. The van der Waals surface area contributed by atoms with Crippen LogP contribution in [0.4, 0.5) is 0 Å². The highest BCUT2D eigenvalue weighted by Gasteiger charge is 2.18. The first-order chi connectivity index (χ1) is 12.0. The quantitative estimate of drug-likeness (QED) is 0.539. The highest BCUT2D eigenvalue weighted by molar-refractivity contribution is 7.89. The molecule has 4 heterocycles. The molecule has 1 N–H and O–H groups in total. The monoisotopic (exact) mass is 361 g/mol. The average molecular weight is 361 g/mol. The third-order valence-electron chi connectivity index (χ3n) is 3.40. The van der Waals surface area contributed by atoms with Crippen molar-refractivity contribution in [1.82, 2.24) is 34.6 Å². The molecule has 11 nitrogen and oxygen atoms in total. The number of pyridine rings is 1. The lowest BCUT2D eigenvalue weighted by Crippen LogP contribution is -2.24. The Bertz CT molecular complexity index is 1130. The van der Waals surface area contributed by atoms with Gasteiger partial charge < -0.3 is 9.05 Å². The summed E-state index contributed by atoms with van der Waals surface area (Å²) in [6, 6.07) is 3.47. The molecule has 0 spiro atoms. The van der Waals surface area contributed by atoms with E-state index in [-0.39, 0.29) is 11.4 Å². The topological polar surface area (TPSA) is 141 Å². The Kier molecular flexibility index (Phi) is 3.54. The summed E-state index contributed by atoms with van der Waals surface area (Å²) in [5.74, 6) is 1.32. The zero-order chi connectivity index (χ0) is 17.4. The number of fused-ring (bicyclic) bond motifs is 1. The van der Waals surface area contributed by atoms with E-state index in [1.165, 1.54) is 0 Å². The van der Waals surface area contributed by atoms with Gasteiger partial charge in [-0.15, -0.1) is 10.2 Å². The molecule has 4 aromatic rings. The van der Waals surface area contributed by atoms with Gasteiger partial charge >= 0.3 is 0 Å². The molecule has 0 aliphatic carbocycles. The van der Waals surface area contributed by atoms with Gasteiger partial charge in [-0.25, -0.2) is 13.1 Å². The molecule has 0 aromatic carbocycles. The van der Waals surface area contributed by atoms with Gasteiger partial charge in [0.15, 0.2) is 17.3 Å².